The Morgan fingerprint density at radius 2 is 2.07 bits per heavy atom. The summed E-state index contributed by atoms with van der Waals surface area (Å²) in [6.07, 6.45) is 2.02. The normalized spacial score (nSPS) is 12.2. The molecule has 0 aliphatic carbocycles. The van der Waals surface area contributed by atoms with Crippen molar-refractivity contribution in [3.05, 3.63) is 12.2 Å². The highest BCUT2D eigenvalue weighted by Crippen LogP contribution is 2.12. The molecule has 9 nitrogen and oxygen atoms in total. The number of aliphatic imine (C=N–C) groups is 1. The molecule has 0 aromatic carbocycles. The molecular weight excluding hydrogens is 346 g/mol. The van der Waals surface area contributed by atoms with Gasteiger partial charge in [0.05, 0.1) is 0 Å². The maximum atomic E-state index is 12.3. The first-order chi connectivity index (χ1) is 12.6. The molecule has 1 aromatic heterocycles. The largest absolute Gasteiger partial charge is 0.444 e. The number of hydrogen-bond acceptors (Lipinski definition) is 5. The number of carbonyl (C=O) groups excluding carboxylic acids is 1. The van der Waals surface area contributed by atoms with Crippen molar-refractivity contribution in [1.29, 1.82) is 0 Å². The molecule has 0 spiro atoms. The molecule has 0 aliphatic rings. The zero-order valence-electron chi connectivity index (χ0n) is 17.7. The summed E-state index contributed by atoms with van der Waals surface area (Å²) in [7, 11) is 1.84. The Hall–Kier alpha value is -2.32. The number of nitrogens with one attached hydrogen (secondary N) is 2. The molecule has 0 atom stereocenters. The minimum atomic E-state index is -0.493. The highest BCUT2D eigenvalue weighted by Gasteiger charge is 2.23. The number of carbonyl (C=O) groups is 1. The lowest BCUT2D eigenvalue weighted by atomic mass is 10.2. The fourth-order valence-electron chi connectivity index (χ4n) is 2.29. The lowest BCUT2D eigenvalue weighted by Crippen LogP contribution is -2.43. The van der Waals surface area contributed by atoms with Gasteiger partial charge < -0.3 is 20.3 Å². The molecule has 0 aliphatic heterocycles. The molecule has 0 bridgehead atoms. The maximum absolute atomic E-state index is 12.3. The van der Waals surface area contributed by atoms with Crippen LogP contribution in [0.15, 0.2) is 11.3 Å². The van der Waals surface area contributed by atoms with Gasteiger partial charge in [-0.1, -0.05) is 0 Å². The van der Waals surface area contributed by atoms with E-state index < -0.39 is 5.60 Å². The average molecular weight is 382 g/mol. The zero-order valence-corrected chi connectivity index (χ0v) is 17.7. The summed E-state index contributed by atoms with van der Waals surface area (Å²) in [5.41, 5.74) is -0.493. The predicted molar refractivity (Wildman–Crippen MR) is 107 cm³/mol. The van der Waals surface area contributed by atoms with E-state index in [0.717, 1.165) is 18.8 Å². The van der Waals surface area contributed by atoms with Crippen LogP contribution in [0.2, 0.25) is 0 Å². The fraction of sp³-hybridized carbons (Fsp3) is 0.778. The molecular formula is C18H35N7O2. The minimum absolute atomic E-state index is 0.0812. The molecule has 0 saturated carbocycles. The first-order valence-electron chi connectivity index (χ1n) is 9.48. The van der Waals surface area contributed by atoms with Crippen LogP contribution < -0.4 is 10.6 Å². The molecule has 27 heavy (non-hydrogen) atoms. The fourth-order valence-corrected chi connectivity index (χ4v) is 2.29. The Labute approximate surface area is 162 Å². The van der Waals surface area contributed by atoms with Crippen molar-refractivity contribution in [1.82, 2.24) is 30.3 Å². The van der Waals surface area contributed by atoms with Crippen LogP contribution in [-0.4, -0.2) is 63.0 Å². The van der Waals surface area contributed by atoms with Crippen molar-refractivity contribution in [2.75, 3.05) is 19.6 Å². The van der Waals surface area contributed by atoms with Crippen LogP contribution in [0.5, 0.6) is 0 Å². The van der Waals surface area contributed by atoms with Gasteiger partial charge in [0.25, 0.3) is 0 Å². The number of rotatable bonds is 8. The third kappa shape index (κ3) is 8.74. The molecule has 0 radical (unpaired) electrons. The molecule has 1 aromatic rings. The van der Waals surface area contributed by atoms with E-state index >= 15 is 0 Å². The summed E-state index contributed by atoms with van der Waals surface area (Å²) < 4.78 is 7.19. The van der Waals surface area contributed by atoms with E-state index in [1.807, 2.05) is 48.6 Å². The molecule has 154 valence electrons. The van der Waals surface area contributed by atoms with E-state index in [2.05, 4.69) is 25.7 Å². The Bertz CT molecular complexity index is 605. The summed E-state index contributed by atoms with van der Waals surface area (Å²) in [5.74, 6) is 1.51. The Kier molecular flexibility index (Phi) is 9.04. The Morgan fingerprint density at radius 1 is 1.37 bits per heavy atom. The molecule has 0 saturated heterocycles. The number of ether oxygens (including phenoxy) is 1. The van der Waals surface area contributed by atoms with Gasteiger partial charge in [-0.2, -0.15) is 5.10 Å². The molecule has 0 fully saturated rings. The second-order valence-corrected chi connectivity index (χ2v) is 7.54. The third-order valence-corrected chi connectivity index (χ3v) is 3.65. The predicted octanol–water partition coefficient (Wildman–Crippen LogP) is 1.91. The van der Waals surface area contributed by atoms with E-state index in [1.54, 1.807) is 9.58 Å². The van der Waals surface area contributed by atoms with Gasteiger partial charge in [0.15, 0.2) is 5.96 Å². The van der Waals surface area contributed by atoms with Crippen LogP contribution in [0, 0.1) is 0 Å². The van der Waals surface area contributed by atoms with Crippen LogP contribution in [0.3, 0.4) is 0 Å². The lowest BCUT2D eigenvalue weighted by molar-refractivity contribution is 0.0190. The Morgan fingerprint density at radius 3 is 2.59 bits per heavy atom. The summed E-state index contributed by atoms with van der Waals surface area (Å²) >= 11 is 0. The van der Waals surface area contributed by atoms with Gasteiger partial charge in [-0.05, 0) is 48.0 Å². The van der Waals surface area contributed by atoms with Crippen LogP contribution in [0.25, 0.3) is 0 Å². The zero-order chi connectivity index (χ0) is 20.4. The van der Waals surface area contributed by atoms with Gasteiger partial charge in [-0.3, -0.25) is 4.68 Å². The van der Waals surface area contributed by atoms with Crippen LogP contribution in [0.4, 0.5) is 4.79 Å². The standard InChI is InChI=1S/C18H35N7O2/c1-8-19-16(21-12-15-22-13-23-24(15)7)20-10-9-11-25(14(2)3)17(26)27-18(4,5)6/h13-14H,8-12H2,1-7H3,(H2,19,20,21). The number of hydrogen-bond donors (Lipinski definition) is 2. The van der Waals surface area contributed by atoms with Gasteiger partial charge in [0.2, 0.25) is 0 Å². The Balaban J connectivity index is 2.51. The van der Waals surface area contributed by atoms with E-state index in [9.17, 15) is 4.79 Å². The molecule has 1 heterocycles. The van der Waals surface area contributed by atoms with Crippen molar-refractivity contribution in [2.45, 2.75) is 66.2 Å². The van der Waals surface area contributed by atoms with E-state index in [1.165, 1.54) is 6.33 Å². The topological polar surface area (TPSA) is 96.7 Å². The number of guanidine groups is 1. The first kappa shape index (κ1) is 22.7. The van der Waals surface area contributed by atoms with E-state index in [0.29, 0.717) is 25.6 Å². The lowest BCUT2D eigenvalue weighted by Gasteiger charge is -2.30. The maximum Gasteiger partial charge on any atom is 0.410 e. The van der Waals surface area contributed by atoms with Gasteiger partial charge in [0, 0.05) is 32.7 Å². The van der Waals surface area contributed by atoms with Crippen LogP contribution in [0.1, 0.15) is 53.8 Å². The SMILES string of the molecule is CCNC(=NCc1ncnn1C)NCCCN(C(=O)OC(C)(C)C)C(C)C. The first-order valence-corrected chi connectivity index (χ1v) is 9.48. The molecule has 2 N–H and O–H groups in total. The number of aryl methyl sites for hydroxylation is 1. The number of amides is 1. The van der Waals surface area contributed by atoms with E-state index in [4.69, 9.17) is 4.74 Å². The van der Waals surface area contributed by atoms with Crippen molar-refractivity contribution >= 4 is 12.1 Å². The second kappa shape index (κ2) is 10.7. The summed E-state index contributed by atoms with van der Waals surface area (Å²) in [5, 5.41) is 10.5. The van der Waals surface area contributed by atoms with Crippen molar-refractivity contribution in [2.24, 2.45) is 12.0 Å². The van der Waals surface area contributed by atoms with Crippen LogP contribution in [-0.2, 0) is 18.3 Å². The van der Waals surface area contributed by atoms with E-state index in [-0.39, 0.29) is 12.1 Å². The monoisotopic (exact) mass is 381 g/mol. The average Bonchev–Trinajstić information content (AvgIpc) is 2.95. The van der Waals surface area contributed by atoms with Crippen molar-refractivity contribution < 1.29 is 9.53 Å². The minimum Gasteiger partial charge on any atom is -0.444 e. The quantitative estimate of drug-likeness (QED) is 0.406. The van der Waals surface area contributed by atoms with Gasteiger partial charge >= 0.3 is 6.09 Å². The van der Waals surface area contributed by atoms with Crippen LogP contribution >= 0.6 is 0 Å². The van der Waals surface area contributed by atoms with Crippen molar-refractivity contribution in [3.63, 3.8) is 0 Å². The summed E-state index contributed by atoms with van der Waals surface area (Å²) in [4.78, 5) is 22.8. The summed E-state index contributed by atoms with van der Waals surface area (Å²) in [6.45, 7) is 14.1. The molecule has 1 amide bonds. The molecule has 1 rings (SSSR count). The highest BCUT2D eigenvalue weighted by molar-refractivity contribution is 5.79. The van der Waals surface area contributed by atoms with Gasteiger partial charge in [0.1, 0.15) is 24.3 Å². The molecule has 9 heteroatoms. The molecule has 0 unspecified atom stereocenters. The number of nitrogens with zero attached hydrogens (tertiary/aromatic N) is 5. The second-order valence-electron chi connectivity index (χ2n) is 7.54. The highest BCUT2D eigenvalue weighted by atomic mass is 16.6. The van der Waals surface area contributed by atoms with Gasteiger partial charge in [-0.15, -0.1) is 0 Å². The van der Waals surface area contributed by atoms with Crippen molar-refractivity contribution in [3.8, 4) is 0 Å². The number of aromatic nitrogens is 3. The van der Waals surface area contributed by atoms with Gasteiger partial charge in [-0.25, -0.2) is 14.8 Å². The summed E-state index contributed by atoms with van der Waals surface area (Å²) in [6, 6.07) is 0.0812. The third-order valence-electron chi connectivity index (χ3n) is 3.65. The smallest absolute Gasteiger partial charge is 0.410 e.